The zero-order valence-corrected chi connectivity index (χ0v) is 28.4. The number of benzene rings is 2. The molecule has 2 aromatic carbocycles. The van der Waals surface area contributed by atoms with Gasteiger partial charge in [-0.05, 0) is 57.6 Å². The Morgan fingerprint density at radius 2 is 1.82 bits per heavy atom. The molecular formula is C33H41N6O9P. The summed E-state index contributed by atoms with van der Waals surface area (Å²) in [6.07, 6.45) is 0.658. The highest BCUT2D eigenvalue weighted by Crippen LogP contribution is 2.49. The first kappa shape index (κ1) is 34.7. The Morgan fingerprint density at radius 3 is 2.59 bits per heavy atom. The summed E-state index contributed by atoms with van der Waals surface area (Å²) in [7, 11) is -2.95. The molecule has 1 saturated carbocycles. The van der Waals surface area contributed by atoms with Crippen LogP contribution in [0.25, 0.3) is 21.9 Å². The number of methoxy groups -OCH3 is 1. The van der Waals surface area contributed by atoms with Crippen LogP contribution in [-0.2, 0) is 28.1 Å². The maximum Gasteiger partial charge on any atom is 0.459 e. The Bertz CT molecular complexity index is 1840. The molecule has 4 aromatic rings. The van der Waals surface area contributed by atoms with Crippen LogP contribution in [0, 0.1) is 0 Å². The number of hydrogen-bond donors (Lipinski definition) is 4. The first-order chi connectivity index (χ1) is 23.6. The smallest absolute Gasteiger partial charge is 0.459 e. The van der Waals surface area contributed by atoms with Crippen molar-refractivity contribution in [3.05, 3.63) is 67.6 Å². The van der Waals surface area contributed by atoms with E-state index in [1.165, 1.54) is 38.2 Å². The highest BCUT2D eigenvalue weighted by Gasteiger charge is 2.49. The second-order valence-electron chi connectivity index (χ2n) is 12.2. The normalized spacial score (nSPS) is 23.9. The van der Waals surface area contributed by atoms with Crippen molar-refractivity contribution in [1.82, 2.24) is 24.6 Å². The maximum absolute atomic E-state index is 14.6. The lowest BCUT2D eigenvalue weighted by molar-refractivity contribution is -0.152. The van der Waals surface area contributed by atoms with Crippen molar-refractivity contribution in [1.29, 1.82) is 0 Å². The van der Waals surface area contributed by atoms with Gasteiger partial charge in [-0.2, -0.15) is 5.09 Å². The summed E-state index contributed by atoms with van der Waals surface area (Å²) in [6.45, 7) is 6.78. The molecule has 2 fully saturated rings. The second-order valence-corrected chi connectivity index (χ2v) is 13.8. The van der Waals surface area contributed by atoms with Crippen molar-refractivity contribution < 1.29 is 42.8 Å². The van der Waals surface area contributed by atoms with Crippen molar-refractivity contribution in [3.63, 3.8) is 0 Å². The molecule has 1 saturated heterocycles. The highest BCUT2D eigenvalue weighted by atomic mass is 31.2. The van der Waals surface area contributed by atoms with Gasteiger partial charge in [0.25, 0.3) is 0 Å². The lowest BCUT2D eigenvalue weighted by atomic mass is 9.98. The zero-order chi connectivity index (χ0) is 34.7. The van der Waals surface area contributed by atoms with E-state index in [0.29, 0.717) is 22.4 Å². The molecule has 0 bridgehead atoms. The number of esters is 1. The predicted molar refractivity (Wildman–Crippen MR) is 179 cm³/mol. The van der Waals surface area contributed by atoms with Crippen molar-refractivity contribution >= 4 is 41.5 Å². The van der Waals surface area contributed by atoms with E-state index < -0.39 is 50.4 Å². The number of carbonyl (C=O) groups is 1. The number of hydrogen-bond acceptors (Lipinski definition) is 13. The fourth-order valence-corrected chi connectivity index (χ4v) is 7.83. The van der Waals surface area contributed by atoms with Gasteiger partial charge >= 0.3 is 13.7 Å². The molecule has 4 N–H and O–H groups in total. The molecule has 0 spiro atoms. The number of carbonyl (C=O) groups excluding carboxylic acids is 1. The van der Waals surface area contributed by atoms with Gasteiger partial charge in [0, 0.05) is 5.39 Å². The third-order valence-corrected chi connectivity index (χ3v) is 10.4. The summed E-state index contributed by atoms with van der Waals surface area (Å²) in [5.41, 5.74) is 0.633. The quantitative estimate of drug-likeness (QED) is 0.0864. The van der Waals surface area contributed by atoms with Crippen LogP contribution in [0.2, 0.25) is 0 Å². The largest absolute Gasteiger partial charge is 0.483 e. The zero-order valence-electron chi connectivity index (χ0n) is 27.5. The van der Waals surface area contributed by atoms with E-state index in [1.807, 2.05) is 30.3 Å². The van der Waals surface area contributed by atoms with E-state index in [-0.39, 0.29) is 17.7 Å². The van der Waals surface area contributed by atoms with E-state index >= 15 is 0 Å². The van der Waals surface area contributed by atoms with Crippen molar-refractivity contribution in [2.24, 2.45) is 0 Å². The van der Waals surface area contributed by atoms with E-state index in [1.54, 1.807) is 12.1 Å². The molecule has 2 aromatic heterocycles. The fourth-order valence-electron chi connectivity index (χ4n) is 6.12. The Hall–Kier alpha value is -4.11. The molecule has 1 aliphatic heterocycles. The van der Waals surface area contributed by atoms with E-state index in [2.05, 4.69) is 31.9 Å². The summed E-state index contributed by atoms with van der Waals surface area (Å²) < 4.78 is 45.1. The van der Waals surface area contributed by atoms with Gasteiger partial charge in [-0.25, -0.2) is 19.5 Å². The topological polar surface area (TPSA) is 188 Å². The van der Waals surface area contributed by atoms with Crippen LogP contribution in [0.1, 0.15) is 52.2 Å². The molecule has 0 radical (unpaired) electrons. The van der Waals surface area contributed by atoms with Gasteiger partial charge in [-0.15, -0.1) is 0 Å². The van der Waals surface area contributed by atoms with Crippen LogP contribution >= 0.6 is 7.75 Å². The lowest BCUT2D eigenvalue weighted by Crippen LogP contribution is -2.41. The van der Waals surface area contributed by atoms with Crippen molar-refractivity contribution in [2.45, 2.75) is 88.7 Å². The van der Waals surface area contributed by atoms with Gasteiger partial charge in [0.1, 0.15) is 42.5 Å². The number of ether oxygens (including phenoxy) is 3. The summed E-state index contributed by atoms with van der Waals surface area (Å²) >= 11 is 0. The van der Waals surface area contributed by atoms with E-state index in [4.69, 9.17) is 23.3 Å². The average Bonchev–Trinajstić information content (AvgIpc) is 3.65. The van der Waals surface area contributed by atoms with Crippen LogP contribution in [0.15, 0.2) is 67.6 Å². The third kappa shape index (κ3) is 7.57. The summed E-state index contributed by atoms with van der Waals surface area (Å²) in [6, 6.07) is 11.6. The Morgan fingerprint density at radius 1 is 1.06 bits per heavy atom. The first-order valence-electron chi connectivity index (χ1n) is 16.2. The van der Waals surface area contributed by atoms with Gasteiger partial charge in [0.15, 0.2) is 29.1 Å². The molecule has 5 unspecified atom stereocenters. The van der Waals surface area contributed by atoms with Crippen LogP contribution in [0.5, 0.6) is 5.75 Å². The average molecular weight is 697 g/mol. The number of rotatable bonds is 13. The van der Waals surface area contributed by atoms with Gasteiger partial charge in [0.05, 0.1) is 19.5 Å². The Kier molecular flexibility index (Phi) is 10.5. The van der Waals surface area contributed by atoms with Crippen LogP contribution < -0.4 is 14.9 Å². The minimum absolute atomic E-state index is 0.209. The minimum Gasteiger partial charge on any atom is -0.483 e. The minimum atomic E-state index is -4.40. The molecule has 262 valence electrons. The number of nitrogens with one attached hydrogen (secondary N) is 2. The second kappa shape index (κ2) is 14.8. The van der Waals surface area contributed by atoms with Gasteiger partial charge in [-0.1, -0.05) is 42.8 Å². The monoisotopic (exact) mass is 696 g/mol. The Balaban J connectivity index is 1.24. The number of aliphatic hydroxyl groups is 2. The summed E-state index contributed by atoms with van der Waals surface area (Å²) in [5, 5.41) is 29.4. The number of nitrogens with zero attached hydrogens (tertiary/aromatic N) is 4. The summed E-state index contributed by atoms with van der Waals surface area (Å²) in [4.78, 5) is 25.9. The van der Waals surface area contributed by atoms with Crippen LogP contribution in [0.4, 0.5) is 5.82 Å². The van der Waals surface area contributed by atoms with Crippen molar-refractivity contribution in [2.75, 3.05) is 12.4 Å². The number of imidazole rings is 1. The van der Waals surface area contributed by atoms with Gasteiger partial charge in [-0.3, -0.25) is 13.9 Å². The standard InChI is InChI=1S/C33H41N6O9P/c1-19(33(42)45-23-13-6-5-7-14-23)38-49(43,48-25-16-10-12-22-11-8-9-15-24(22)25)47-20(2)29-27(40)28(41)32(46-29)39-18-36-26-30(37-21(3)44-4)34-17-35-31(26)39/h8-12,15-20,23,27-29,32,40-41H,3,5-7,13-14H2,1-2,4H3,(H,38,43)(H,34,35,37)/t19?,20?,27?,28?,29-,32-,49?/m1/s1. The molecule has 6 rings (SSSR count). The number of aliphatic hydroxyl groups excluding tert-OH is 2. The lowest BCUT2D eigenvalue weighted by Gasteiger charge is -2.29. The predicted octanol–water partition coefficient (Wildman–Crippen LogP) is 4.57. The molecule has 2 aliphatic rings. The first-order valence-corrected chi connectivity index (χ1v) is 17.7. The molecule has 0 amide bonds. The molecular weight excluding hydrogens is 655 g/mol. The molecule has 7 atom stereocenters. The molecule has 15 nitrogen and oxygen atoms in total. The van der Waals surface area contributed by atoms with E-state index in [9.17, 15) is 19.6 Å². The van der Waals surface area contributed by atoms with Crippen LogP contribution in [0.3, 0.4) is 0 Å². The highest BCUT2D eigenvalue weighted by molar-refractivity contribution is 7.52. The molecule has 16 heteroatoms. The fraction of sp³-hybridized carbons (Fsp3) is 0.455. The molecule has 1 aliphatic carbocycles. The number of anilines is 1. The maximum atomic E-state index is 14.6. The SMILES string of the molecule is C=C(Nc1ncnc2c1ncn2[C@@H]1O[C@H](C(C)OP(=O)(NC(C)C(=O)OC2CCCCC2)Oc2cccc3ccccc23)C(O)C1O)OC. The van der Waals surface area contributed by atoms with Crippen LogP contribution in [-0.4, -0.2) is 79.4 Å². The summed E-state index contributed by atoms with van der Waals surface area (Å²) in [5.74, 6) is 0.207. The number of aromatic nitrogens is 4. The number of fused-ring (bicyclic) bond motifs is 2. The third-order valence-electron chi connectivity index (χ3n) is 8.69. The van der Waals surface area contributed by atoms with E-state index in [0.717, 1.165) is 37.5 Å². The molecule has 49 heavy (non-hydrogen) atoms. The Labute approximate surface area is 283 Å². The molecule has 3 heterocycles. The van der Waals surface area contributed by atoms with Gasteiger partial charge in [0.2, 0.25) is 0 Å². The van der Waals surface area contributed by atoms with Crippen molar-refractivity contribution in [3.8, 4) is 5.75 Å². The van der Waals surface area contributed by atoms with Gasteiger partial charge < -0.3 is 34.3 Å².